The molecule has 9 heteroatoms. The van der Waals surface area contributed by atoms with E-state index in [2.05, 4.69) is 0 Å². The summed E-state index contributed by atoms with van der Waals surface area (Å²) in [6.45, 7) is 0. The maximum atomic E-state index is 0. The van der Waals surface area contributed by atoms with Gasteiger partial charge in [-0.1, -0.05) is 0 Å². The Hall–Kier alpha value is 3.46. The molecular weight excluding hydrogens is 487 g/mol. The van der Waals surface area contributed by atoms with Crippen molar-refractivity contribution in [2.45, 2.75) is 0 Å². The third kappa shape index (κ3) is 85.6. The molecule has 0 aromatic rings. The molecule has 66 valence electrons. The van der Waals surface area contributed by atoms with Crippen LogP contribution >= 0.6 is 0 Å². The van der Waals surface area contributed by atoms with E-state index in [1.165, 1.54) is 0 Å². The molecule has 0 unspecified atom stereocenters. The minimum atomic E-state index is 0. The van der Waals surface area contributed by atoms with Crippen molar-refractivity contribution in [1.29, 1.82) is 0 Å². The molecule has 0 aliphatic rings. The summed E-state index contributed by atoms with van der Waals surface area (Å²) < 4.78 is 0. The third-order valence-electron chi connectivity index (χ3n) is 0. The van der Waals surface area contributed by atoms with Crippen LogP contribution in [-0.2, 0) is 60.4 Å². The largest absolute Gasteiger partial charge is 2.00 e. The Morgan fingerprint density at radius 3 is 0.333 bits per heavy atom. The van der Waals surface area contributed by atoms with Gasteiger partial charge in [0.15, 0.2) is 0 Å². The molecule has 0 spiro atoms. The first-order valence-corrected chi connectivity index (χ1v) is 0. The summed E-state index contributed by atoms with van der Waals surface area (Å²) in [5, 5.41) is 0. The summed E-state index contributed by atoms with van der Waals surface area (Å²) in [6, 6.07) is 0. The van der Waals surface area contributed by atoms with Gasteiger partial charge in [0.25, 0.3) is 0 Å². The van der Waals surface area contributed by atoms with E-state index in [0.29, 0.717) is 0 Å². The molecule has 0 aliphatic heterocycles. The van der Waals surface area contributed by atoms with Gasteiger partial charge in [-0.15, -0.1) is 0 Å². The van der Waals surface area contributed by atoms with Crippen LogP contribution in [0.1, 0.15) is 0 Å². The molecule has 0 fully saturated rings. The average Bonchev–Trinajstić information content (AvgIpc) is 0. The molecule has 0 aliphatic carbocycles. The van der Waals surface area contributed by atoms with Crippen molar-refractivity contribution in [2.75, 3.05) is 0 Å². The molecule has 0 heterocycles. The quantitative estimate of drug-likeness (QED) is 0.403. The first-order valence-electron chi connectivity index (χ1n) is 0. The Morgan fingerprint density at radius 2 is 0.333 bits per heavy atom. The number of hydrogen-bond donors (Lipinski definition) is 0. The van der Waals surface area contributed by atoms with Gasteiger partial charge in [0.2, 0.25) is 0 Å². The molecular formula is Ni2O5Pm2-6. The fraction of sp³-hybridized carbons (Fsp3) is 0. The summed E-state index contributed by atoms with van der Waals surface area (Å²) in [7, 11) is 0. The second-order valence-electron chi connectivity index (χ2n) is 0. The van der Waals surface area contributed by atoms with Crippen LogP contribution in [0, 0.1) is 80.8 Å². The van der Waals surface area contributed by atoms with Crippen molar-refractivity contribution < 1.29 is 141 Å². The number of rotatable bonds is 0. The van der Waals surface area contributed by atoms with Gasteiger partial charge in [-0.05, 0) is 0 Å². The van der Waals surface area contributed by atoms with Crippen molar-refractivity contribution >= 4 is 0 Å². The molecule has 0 amide bonds. The topological polar surface area (TPSA) is 142 Å². The molecule has 0 atom stereocenters. The van der Waals surface area contributed by atoms with E-state index in [-0.39, 0.29) is 141 Å². The van der Waals surface area contributed by atoms with Crippen LogP contribution in [0.5, 0.6) is 0 Å². The SMILES string of the molecule is [Ni+2].[Ni+2].[O-2].[O-2].[O-2].[O-2].[O-2].[Pm].[Pm]. The first kappa shape index (κ1) is 137. The molecule has 0 saturated heterocycles. The van der Waals surface area contributed by atoms with Crippen molar-refractivity contribution in [2.24, 2.45) is 0 Å². The van der Waals surface area contributed by atoms with Gasteiger partial charge in [0.1, 0.15) is 0 Å². The summed E-state index contributed by atoms with van der Waals surface area (Å²) in [6.07, 6.45) is 0. The molecule has 9 heavy (non-hydrogen) atoms. The predicted octanol–water partition coefficient (Wildman–Crippen LogP) is -0.599. The van der Waals surface area contributed by atoms with E-state index < -0.39 is 0 Å². The van der Waals surface area contributed by atoms with E-state index in [0.717, 1.165) is 0 Å². The van der Waals surface area contributed by atoms with Crippen LogP contribution in [0.25, 0.3) is 0 Å². The number of hydrogen-bond acceptors (Lipinski definition) is 0. The van der Waals surface area contributed by atoms with Crippen LogP contribution < -0.4 is 0 Å². The molecule has 2 radical (unpaired) electrons. The van der Waals surface area contributed by atoms with Gasteiger partial charge in [-0.2, -0.15) is 0 Å². The molecule has 5 nitrogen and oxygen atoms in total. The van der Waals surface area contributed by atoms with Crippen LogP contribution in [0.15, 0.2) is 0 Å². The van der Waals surface area contributed by atoms with Crippen molar-refractivity contribution in [1.82, 2.24) is 0 Å². The molecule has 0 rings (SSSR count). The maximum absolute atomic E-state index is 0. The summed E-state index contributed by atoms with van der Waals surface area (Å²) in [4.78, 5) is 0. The minimum Gasteiger partial charge on any atom is -2.00 e. The molecule has 0 bridgehead atoms. The predicted molar refractivity (Wildman–Crippen MR) is 3.43 cm³/mol. The van der Waals surface area contributed by atoms with Crippen LogP contribution in [0.4, 0.5) is 0 Å². The van der Waals surface area contributed by atoms with Crippen molar-refractivity contribution in [3.05, 3.63) is 0 Å². The molecule has 0 N–H and O–H groups in total. The maximum Gasteiger partial charge on any atom is 2.00 e. The first-order chi connectivity index (χ1) is 0. The van der Waals surface area contributed by atoms with E-state index in [9.17, 15) is 0 Å². The van der Waals surface area contributed by atoms with Gasteiger partial charge < -0.3 is 27.4 Å². The van der Waals surface area contributed by atoms with Gasteiger partial charge in [0, 0.05) is 80.8 Å². The standard InChI is InChI=1S/2Ni.5O.2Pm/q2*+2;5*-2;;. The Balaban J connectivity index is 0. The zero-order valence-corrected chi connectivity index (χ0v) is 11.3. The second kappa shape index (κ2) is 105. The van der Waals surface area contributed by atoms with Gasteiger partial charge in [-0.25, -0.2) is 0 Å². The molecule has 0 aromatic carbocycles. The Labute approximate surface area is 138 Å². The third-order valence-corrected chi connectivity index (χ3v) is 0. The van der Waals surface area contributed by atoms with Gasteiger partial charge in [-0.3, -0.25) is 0 Å². The van der Waals surface area contributed by atoms with E-state index >= 15 is 0 Å². The average molecular weight is 487 g/mol. The van der Waals surface area contributed by atoms with Crippen LogP contribution in [-0.4, -0.2) is 0 Å². The van der Waals surface area contributed by atoms with Gasteiger partial charge in [0.05, 0.1) is 0 Å². The second-order valence-corrected chi connectivity index (χ2v) is 0. The fourth-order valence-corrected chi connectivity index (χ4v) is 0. The van der Waals surface area contributed by atoms with E-state index in [1.54, 1.807) is 0 Å². The van der Waals surface area contributed by atoms with Crippen LogP contribution in [0.3, 0.4) is 0 Å². The zero-order valence-electron chi connectivity index (χ0n) is 3.57. The van der Waals surface area contributed by atoms with Gasteiger partial charge >= 0.3 is 33.0 Å². The normalized spacial score (nSPS) is 0. The molecule has 0 saturated carbocycles. The Kier molecular flexibility index (Phi) is 1590. The molecule has 0 aromatic heterocycles. The smallest absolute Gasteiger partial charge is 2.00 e. The minimum absolute atomic E-state index is 0. The Bertz CT molecular complexity index is 12.9. The van der Waals surface area contributed by atoms with E-state index in [4.69, 9.17) is 0 Å². The summed E-state index contributed by atoms with van der Waals surface area (Å²) in [5.74, 6) is 0. The Morgan fingerprint density at radius 1 is 0.333 bits per heavy atom. The fourth-order valence-electron chi connectivity index (χ4n) is 0. The summed E-state index contributed by atoms with van der Waals surface area (Å²) >= 11 is 0. The van der Waals surface area contributed by atoms with Crippen molar-refractivity contribution in [3.8, 4) is 0 Å². The van der Waals surface area contributed by atoms with E-state index in [1.807, 2.05) is 0 Å². The van der Waals surface area contributed by atoms with Crippen molar-refractivity contribution in [3.63, 3.8) is 0 Å². The monoisotopic (exact) mass is 486 g/mol. The summed E-state index contributed by atoms with van der Waals surface area (Å²) in [5.41, 5.74) is 0. The zero-order chi connectivity index (χ0) is 0. The van der Waals surface area contributed by atoms with Crippen LogP contribution in [0.2, 0.25) is 0 Å².